The lowest BCUT2D eigenvalue weighted by molar-refractivity contribution is -0.139. The van der Waals surface area contributed by atoms with Gasteiger partial charge in [-0.25, -0.2) is 4.79 Å². The molecule has 0 saturated carbocycles. The van der Waals surface area contributed by atoms with Crippen LogP contribution in [0.4, 0.5) is 4.79 Å². The predicted molar refractivity (Wildman–Crippen MR) is 83.5 cm³/mol. The number of carbonyl (C=O) groups is 3. The van der Waals surface area contributed by atoms with Crippen molar-refractivity contribution in [3.63, 3.8) is 0 Å². The van der Waals surface area contributed by atoms with E-state index in [1.807, 2.05) is 41.5 Å². The highest BCUT2D eigenvalue weighted by Crippen LogP contribution is 2.18. The van der Waals surface area contributed by atoms with Crippen molar-refractivity contribution in [2.24, 2.45) is 5.41 Å². The Morgan fingerprint density at radius 1 is 0.864 bits per heavy atom. The van der Waals surface area contributed by atoms with Crippen molar-refractivity contribution in [1.82, 2.24) is 9.80 Å². The number of hydrogen-bond acceptors (Lipinski definition) is 4. The number of piperazine rings is 1. The third kappa shape index (κ3) is 5.66. The van der Waals surface area contributed by atoms with Crippen molar-refractivity contribution in [1.29, 1.82) is 0 Å². The first kappa shape index (κ1) is 18.5. The Balaban J connectivity index is 2.47. The molecule has 22 heavy (non-hydrogen) atoms. The van der Waals surface area contributed by atoms with Crippen molar-refractivity contribution in [3.8, 4) is 0 Å². The van der Waals surface area contributed by atoms with Crippen LogP contribution in [0.2, 0.25) is 0 Å². The zero-order valence-electron chi connectivity index (χ0n) is 14.6. The fraction of sp³-hybridized carbons (Fsp3) is 0.812. The van der Waals surface area contributed by atoms with Crippen LogP contribution in [-0.4, -0.2) is 59.4 Å². The Bertz CT molecular complexity index is 438. The molecule has 1 saturated heterocycles. The molecular weight excluding hydrogens is 284 g/mol. The summed E-state index contributed by atoms with van der Waals surface area (Å²) in [5.41, 5.74) is -1.03. The summed E-state index contributed by atoms with van der Waals surface area (Å²) >= 11 is 0. The fourth-order valence-corrected chi connectivity index (χ4v) is 1.98. The predicted octanol–water partition coefficient (Wildman–Crippen LogP) is 2.07. The first-order valence-electron chi connectivity index (χ1n) is 7.69. The third-order valence-corrected chi connectivity index (χ3v) is 3.43. The molecule has 0 N–H and O–H groups in total. The molecule has 6 nitrogen and oxygen atoms in total. The minimum absolute atomic E-state index is 0.0629. The normalized spacial score (nSPS) is 16.5. The fourth-order valence-electron chi connectivity index (χ4n) is 1.98. The molecule has 1 aliphatic heterocycles. The van der Waals surface area contributed by atoms with Gasteiger partial charge in [0.2, 0.25) is 5.91 Å². The molecular formula is C16H28N2O4. The van der Waals surface area contributed by atoms with Crippen LogP contribution in [0.15, 0.2) is 0 Å². The van der Waals surface area contributed by atoms with E-state index in [1.165, 1.54) is 0 Å². The van der Waals surface area contributed by atoms with E-state index in [-0.39, 0.29) is 24.2 Å². The summed E-state index contributed by atoms with van der Waals surface area (Å²) in [5, 5.41) is 0. The largest absolute Gasteiger partial charge is 0.444 e. The van der Waals surface area contributed by atoms with Gasteiger partial charge in [-0.05, 0) is 20.8 Å². The van der Waals surface area contributed by atoms with Gasteiger partial charge in [0, 0.05) is 31.6 Å². The van der Waals surface area contributed by atoms with Gasteiger partial charge in [-0.2, -0.15) is 0 Å². The van der Waals surface area contributed by atoms with E-state index in [2.05, 4.69) is 0 Å². The second kappa shape index (κ2) is 6.67. The number of Topliss-reactive ketones (excluding diaryl/α,β-unsaturated/α-hetero) is 1. The molecule has 0 aromatic carbocycles. The standard InChI is InChI=1S/C16H28N2O4/c1-15(2,3)12(19)11-13(20)17-7-9-18(10-8-17)14(21)22-16(4,5)6/h7-11H2,1-6H3. The van der Waals surface area contributed by atoms with Crippen molar-refractivity contribution < 1.29 is 19.1 Å². The van der Waals surface area contributed by atoms with Crippen LogP contribution in [0.25, 0.3) is 0 Å². The van der Waals surface area contributed by atoms with Crippen molar-refractivity contribution in [2.45, 2.75) is 53.6 Å². The minimum Gasteiger partial charge on any atom is -0.444 e. The molecule has 0 bridgehead atoms. The Kier molecular flexibility index (Phi) is 5.59. The molecule has 126 valence electrons. The number of amides is 2. The number of ether oxygens (including phenoxy) is 1. The minimum atomic E-state index is -0.525. The van der Waals surface area contributed by atoms with Crippen molar-refractivity contribution in [3.05, 3.63) is 0 Å². The van der Waals surface area contributed by atoms with E-state index in [1.54, 1.807) is 9.80 Å². The molecule has 0 aliphatic carbocycles. The van der Waals surface area contributed by atoms with Crippen LogP contribution in [-0.2, 0) is 14.3 Å². The molecule has 1 rings (SSSR count). The Morgan fingerprint density at radius 2 is 1.32 bits per heavy atom. The molecule has 0 aromatic heterocycles. The van der Waals surface area contributed by atoms with Crippen molar-refractivity contribution in [2.75, 3.05) is 26.2 Å². The first-order chi connectivity index (χ1) is 9.90. The average molecular weight is 312 g/mol. The highest BCUT2D eigenvalue weighted by atomic mass is 16.6. The molecule has 6 heteroatoms. The second-order valence-electron chi connectivity index (χ2n) is 7.70. The van der Waals surface area contributed by atoms with Gasteiger partial charge in [-0.15, -0.1) is 0 Å². The lowest BCUT2D eigenvalue weighted by Crippen LogP contribution is -2.52. The molecule has 0 atom stereocenters. The summed E-state index contributed by atoms with van der Waals surface area (Å²) < 4.78 is 5.31. The molecule has 1 aliphatic rings. The molecule has 2 amide bonds. The van der Waals surface area contributed by atoms with Crippen LogP contribution in [0.3, 0.4) is 0 Å². The van der Waals surface area contributed by atoms with E-state index in [0.29, 0.717) is 26.2 Å². The zero-order chi connectivity index (χ0) is 17.1. The zero-order valence-corrected chi connectivity index (χ0v) is 14.6. The number of carbonyl (C=O) groups excluding carboxylic acids is 3. The highest BCUT2D eigenvalue weighted by molar-refractivity contribution is 6.00. The molecule has 1 fully saturated rings. The maximum absolute atomic E-state index is 12.1. The first-order valence-corrected chi connectivity index (χ1v) is 7.69. The van der Waals surface area contributed by atoms with Gasteiger partial charge in [0.05, 0.1) is 6.42 Å². The Labute approximate surface area is 132 Å². The maximum Gasteiger partial charge on any atom is 0.410 e. The summed E-state index contributed by atoms with van der Waals surface area (Å²) in [6.07, 6.45) is -0.430. The van der Waals surface area contributed by atoms with Crippen LogP contribution in [0.1, 0.15) is 48.0 Å². The molecule has 0 radical (unpaired) electrons. The molecule has 0 unspecified atom stereocenters. The van der Waals surface area contributed by atoms with Gasteiger partial charge in [0.15, 0.2) is 0 Å². The Morgan fingerprint density at radius 3 is 1.73 bits per heavy atom. The van der Waals surface area contributed by atoms with Gasteiger partial charge in [-0.3, -0.25) is 9.59 Å². The molecule has 1 heterocycles. The smallest absolute Gasteiger partial charge is 0.410 e. The number of ketones is 1. The van der Waals surface area contributed by atoms with Crippen LogP contribution >= 0.6 is 0 Å². The quantitative estimate of drug-likeness (QED) is 0.732. The summed E-state index contributed by atoms with van der Waals surface area (Å²) in [6.45, 7) is 12.6. The summed E-state index contributed by atoms with van der Waals surface area (Å²) in [4.78, 5) is 39.2. The summed E-state index contributed by atoms with van der Waals surface area (Å²) in [6, 6.07) is 0. The molecule has 0 aromatic rings. The van der Waals surface area contributed by atoms with Crippen LogP contribution in [0, 0.1) is 5.41 Å². The summed E-state index contributed by atoms with van der Waals surface area (Å²) in [5.74, 6) is -0.226. The number of hydrogen-bond donors (Lipinski definition) is 0. The molecule has 0 spiro atoms. The van der Waals surface area contributed by atoms with E-state index in [4.69, 9.17) is 4.74 Å². The highest BCUT2D eigenvalue weighted by Gasteiger charge is 2.30. The van der Waals surface area contributed by atoms with Gasteiger partial charge in [-0.1, -0.05) is 20.8 Å². The summed E-state index contributed by atoms with van der Waals surface area (Å²) in [7, 11) is 0. The maximum atomic E-state index is 12.1. The van der Waals surface area contributed by atoms with Gasteiger partial charge in [0.1, 0.15) is 11.4 Å². The number of nitrogens with zero attached hydrogens (tertiary/aromatic N) is 2. The topological polar surface area (TPSA) is 66.9 Å². The van der Waals surface area contributed by atoms with E-state index in [9.17, 15) is 14.4 Å². The SMILES string of the molecule is CC(C)(C)OC(=O)N1CCN(C(=O)CC(=O)C(C)(C)C)CC1. The third-order valence-electron chi connectivity index (χ3n) is 3.43. The van der Waals surface area contributed by atoms with E-state index >= 15 is 0 Å². The Hall–Kier alpha value is -1.59. The van der Waals surface area contributed by atoms with Crippen LogP contribution in [0.5, 0.6) is 0 Å². The lowest BCUT2D eigenvalue weighted by Gasteiger charge is -2.35. The second-order valence-corrected chi connectivity index (χ2v) is 7.70. The van der Waals surface area contributed by atoms with Gasteiger partial charge < -0.3 is 14.5 Å². The lowest BCUT2D eigenvalue weighted by atomic mass is 9.88. The van der Waals surface area contributed by atoms with Crippen LogP contribution < -0.4 is 0 Å². The van der Waals surface area contributed by atoms with E-state index in [0.717, 1.165) is 0 Å². The van der Waals surface area contributed by atoms with Gasteiger partial charge in [0.25, 0.3) is 0 Å². The number of rotatable bonds is 2. The average Bonchev–Trinajstić information content (AvgIpc) is 2.35. The van der Waals surface area contributed by atoms with Crippen molar-refractivity contribution >= 4 is 17.8 Å². The van der Waals surface area contributed by atoms with Gasteiger partial charge >= 0.3 is 6.09 Å². The van der Waals surface area contributed by atoms with E-state index < -0.39 is 11.0 Å². The monoisotopic (exact) mass is 312 g/mol.